The van der Waals surface area contributed by atoms with Crippen LogP contribution < -0.4 is 15.0 Å². The molecule has 0 bridgehead atoms. The average molecular weight is 527 g/mol. The Morgan fingerprint density at radius 2 is 1.38 bits per heavy atom. The van der Waals surface area contributed by atoms with E-state index in [-0.39, 0.29) is 6.17 Å². The van der Waals surface area contributed by atoms with E-state index in [4.69, 9.17) is 9.72 Å². The predicted molar refractivity (Wildman–Crippen MR) is 160 cm³/mol. The van der Waals surface area contributed by atoms with E-state index in [1.807, 2.05) is 48.2 Å². The van der Waals surface area contributed by atoms with Crippen molar-refractivity contribution in [2.45, 2.75) is 16.0 Å². The summed E-state index contributed by atoms with van der Waals surface area (Å²) in [4.78, 5) is 13.1. The van der Waals surface area contributed by atoms with Gasteiger partial charge < -0.3 is 19.9 Å². The van der Waals surface area contributed by atoms with Crippen molar-refractivity contribution in [1.29, 1.82) is 0 Å². The molecule has 1 aliphatic rings. The first-order valence-electron chi connectivity index (χ1n) is 12.9. The number of anilines is 3. The first-order chi connectivity index (χ1) is 19.3. The third-order valence-corrected chi connectivity index (χ3v) is 8.14. The average Bonchev–Trinajstić information content (AvgIpc) is 3.44. The van der Waals surface area contributed by atoms with Crippen LogP contribution in [-0.2, 0) is 0 Å². The van der Waals surface area contributed by atoms with E-state index in [0.717, 1.165) is 39.4 Å². The number of para-hydroxylation sites is 4. The van der Waals surface area contributed by atoms with Gasteiger partial charge in [0.2, 0.25) is 0 Å². The molecule has 5 aromatic carbocycles. The van der Waals surface area contributed by atoms with Crippen LogP contribution in [0.1, 0.15) is 11.7 Å². The monoisotopic (exact) mass is 526 g/mol. The molecule has 1 unspecified atom stereocenters. The van der Waals surface area contributed by atoms with E-state index in [1.54, 1.807) is 7.11 Å². The highest BCUT2D eigenvalue weighted by atomic mass is 32.2. The first kappa shape index (κ1) is 23.4. The van der Waals surface area contributed by atoms with Crippen molar-refractivity contribution in [1.82, 2.24) is 9.97 Å². The van der Waals surface area contributed by atoms with Gasteiger partial charge in [0.05, 0.1) is 29.5 Å². The first-order valence-corrected chi connectivity index (χ1v) is 13.7. The third-order valence-electron chi connectivity index (χ3n) is 7.01. The van der Waals surface area contributed by atoms with Gasteiger partial charge in [-0.25, -0.2) is 4.98 Å². The molecule has 0 radical (unpaired) electrons. The minimum absolute atomic E-state index is 0.156. The molecule has 39 heavy (non-hydrogen) atoms. The lowest BCUT2D eigenvalue weighted by atomic mass is 10.1. The number of rotatable bonds is 6. The van der Waals surface area contributed by atoms with E-state index >= 15 is 0 Å². The molecule has 6 aromatic rings. The summed E-state index contributed by atoms with van der Waals surface area (Å²) < 4.78 is 5.46. The lowest BCUT2D eigenvalue weighted by Crippen LogP contribution is -2.32. The number of H-pyrrole nitrogens is 1. The van der Waals surface area contributed by atoms with Crippen LogP contribution in [0.15, 0.2) is 131 Å². The molecule has 0 amide bonds. The van der Waals surface area contributed by atoms with E-state index in [1.165, 1.54) is 21.2 Å². The number of imidazole rings is 1. The second-order valence-corrected chi connectivity index (χ2v) is 10.5. The number of methoxy groups -OCH3 is 1. The fraction of sp³-hybridized carbons (Fsp3) is 0.0606. The highest BCUT2D eigenvalue weighted by Crippen LogP contribution is 2.51. The summed E-state index contributed by atoms with van der Waals surface area (Å²) in [6, 6.07) is 42.1. The van der Waals surface area contributed by atoms with Crippen LogP contribution in [0.25, 0.3) is 22.4 Å². The topological polar surface area (TPSA) is 53.2 Å². The molecule has 0 aliphatic carbocycles. The van der Waals surface area contributed by atoms with E-state index < -0.39 is 0 Å². The van der Waals surface area contributed by atoms with Gasteiger partial charge in [-0.2, -0.15) is 0 Å². The minimum Gasteiger partial charge on any atom is -0.497 e. The summed E-state index contributed by atoms with van der Waals surface area (Å²) in [5.41, 5.74) is 7.55. The van der Waals surface area contributed by atoms with Crippen LogP contribution >= 0.6 is 11.8 Å². The molecule has 1 aromatic heterocycles. The maximum absolute atomic E-state index is 5.46. The van der Waals surface area contributed by atoms with Gasteiger partial charge in [0.1, 0.15) is 17.7 Å². The number of nitrogens with zero attached hydrogens (tertiary/aromatic N) is 2. The van der Waals surface area contributed by atoms with Gasteiger partial charge >= 0.3 is 0 Å². The lowest BCUT2D eigenvalue weighted by molar-refractivity contribution is 0.414. The smallest absolute Gasteiger partial charge is 0.138 e. The maximum Gasteiger partial charge on any atom is 0.138 e. The molecule has 0 spiro atoms. The van der Waals surface area contributed by atoms with Crippen LogP contribution in [0.3, 0.4) is 0 Å². The summed E-state index contributed by atoms with van der Waals surface area (Å²) in [6.07, 6.45) is -0.156. The molecule has 190 valence electrons. The van der Waals surface area contributed by atoms with Crippen molar-refractivity contribution in [2.75, 3.05) is 17.3 Å². The summed E-state index contributed by atoms with van der Waals surface area (Å²) in [6.45, 7) is 0. The SMILES string of the molecule is COc1ccc(C(Nc2ccc(-c3nc4ccccc4[nH]3)cc2)N2c3ccccc3Sc3ccccc32)cc1. The van der Waals surface area contributed by atoms with Gasteiger partial charge in [0.15, 0.2) is 0 Å². The van der Waals surface area contributed by atoms with Gasteiger partial charge in [0, 0.05) is 21.0 Å². The van der Waals surface area contributed by atoms with Crippen molar-refractivity contribution >= 4 is 39.9 Å². The fourth-order valence-electron chi connectivity index (χ4n) is 5.07. The number of ether oxygens (including phenoxy) is 1. The molecule has 1 aliphatic heterocycles. The summed E-state index contributed by atoms with van der Waals surface area (Å²) in [5.74, 6) is 1.70. The summed E-state index contributed by atoms with van der Waals surface area (Å²) in [7, 11) is 1.70. The summed E-state index contributed by atoms with van der Waals surface area (Å²) >= 11 is 1.81. The van der Waals surface area contributed by atoms with Crippen LogP contribution in [0.4, 0.5) is 17.1 Å². The molecule has 0 saturated carbocycles. The standard InChI is InChI=1S/C33H26N4OS/c1-38-25-20-16-23(17-21-25)33(37-28-10-4-6-12-30(28)39-31-13-7-5-11-29(31)37)34-24-18-14-22(15-19-24)32-35-26-8-2-3-9-27(26)36-32/h2-21,33-34H,1H3,(H,35,36). The molecule has 2 heterocycles. The van der Waals surface area contributed by atoms with E-state index in [2.05, 4.69) is 100 Å². The molecular weight excluding hydrogens is 500 g/mol. The Balaban J connectivity index is 1.29. The van der Waals surface area contributed by atoms with Crippen molar-refractivity contribution in [3.8, 4) is 17.1 Å². The van der Waals surface area contributed by atoms with Crippen molar-refractivity contribution in [2.24, 2.45) is 0 Å². The Morgan fingerprint density at radius 3 is 2.05 bits per heavy atom. The highest BCUT2D eigenvalue weighted by Gasteiger charge is 2.30. The quantitative estimate of drug-likeness (QED) is 0.227. The minimum atomic E-state index is -0.156. The molecule has 1 atom stereocenters. The highest BCUT2D eigenvalue weighted by molar-refractivity contribution is 7.99. The molecule has 5 nitrogen and oxygen atoms in total. The lowest BCUT2D eigenvalue weighted by Gasteiger charge is -2.39. The zero-order valence-corrected chi connectivity index (χ0v) is 22.2. The number of aromatic amines is 1. The molecular formula is C33H26N4OS. The van der Waals surface area contributed by atoms with Gasteiger partial charge in [-0.15, -0.1) is 0 Å². The van der Waals surface area contributed by atoms with Crippen molar-refractivity contribution in [3.05, 3.63) is 127 Å². The molecule has 0 saturated heterocycles. The molecule has 7 rings (SSSR count). The Bertz CT molecular complexity index is 1680. The van der Waals surface area contributed by atoms with Crippen LogP contribution in [0.5, 0.6) is 5.75 Å². The van der Waals surface area contributed by atoms with Gasteiger partial charge in [-0.1, -0.05) is 60.3 Å². The summed E-state index contributed by atoms with van der Waals surface area (Å²) in [5, 5.41) is 3.83. The Hall–Kier alpha value is -4.68. The fourth-order valence-corrected chi connectivity index (χ4v) is 6.14. The van der Waals surface area contributed by atoms with E-state index in [0.29, 0.717) is 0 Å². The van der Waals surface area contributed by atoms with E-state index in [9.17, 15) is 0 Å². The number of fused-ring (bicyclic) bond motifs is 3. The van der Waals surface area contributed by atoms with Gasteiger partial charge in [0.25, 0.3) is 0 Å². The van der Waals surface area contributed by atoms with Crippen LogP contribution in [-0.4, -0.2) is 17.1 Å². The van der Waals surface area contributed by atoms with Crippen LogP contribution in [0, 0.1) is 0 Å². The number of nitrogens with one attached hydrogen (secondary N) is 2. The Labute approximate surface area is 231 Å². The maximum atomic E-state index is 5.46. The second-order valence-electron chi connectivity index (χ2n) is 9.41. The zero-order chi connectivity index (χ0) is 26.2. The van der Waals surface area contributed by atoms with Gasteiger partial charge in [-0.3, -0.25) is 0 Å². The zero-order valence-electron chi connectivity index (χ0n) is 21.3. The van der Waals surface area contributed by atoms with Crippen molar-refractivity contribution < 1.29 is 4.74 Å². The molecule has 6 heteroatoms. The number of benzene rings is 5. The normalized spacial score (nSPS) is 13.0. The predicted octanol–water partition coefficient (Wildman–Crippen LogP) is 8.65. The van der Waals surface area contributed by atoms with Crippen molar-refractivity contribution in [3.63, 3.8) is 0 Å². The number of aromatic nitrogens is 2. The number of hydrogen-bond donors (Lipinski definition) is 2. The Kier molecular flexibility index (Phi) is 5.94. The van der Waals surface area contributed by atoms with Gasteiger partial charge in [-0.05, 0) is 78.4 Å². The molecule has 0 fully saturated rings. The largest absolute Gasteiger partial charge is 0.497 e. The third kappa shape index (κ3) is 4.39. The molecule has 2 N–H and O–H groups in total. The van der Waals surface area contributed by atoms with Crippen LogP contribution in [0.2, 0.25) is 0 Å². The second kappa shape index (κ2) is 9.89. The number of hydrogen-bond acceptors (Lipinski definition) is 5. The Morgan fingerprint density at radius 1 is 0.744 bits per heavy atom.